The molecule has 0 rings (SSSR count). The Balaban J connectivity index is -0.0000000720. The summed E-state index contributed by atoms with van der Waals surface area (Å²) in [5.41, 5.74) is 0. The standard InChI is InChI=1S/C2H4O2.C2H6OS.Na/c1-2(3)4;3-1-2-4;/h1H3,(H,3,4);3-4H,1-2H2;/q;;+1/p-1. The molecule has 0 fully saturated rings. The van der Waals surface area contributed by atoms with Crippen LogP contribution in [0.5, 0.6) is 0 Å². The minimum absolute atomic E-state index is 0. The van der Waals surface area contributed by atoms with Gasteiger partial charge in [-0.2, -0.15) is 12.6 Å². The van der Waals surface area contributed by atoms with Gasteiger partial charge in [-0.05, 0) is 6.92 Å². The van der Waals surface area contributed by atoms with Gasteiger partial charge in [-0.15, -0.1) is 0 Å². The molecule has 0 atom stereocenters. The van der Waals surface area contributed by atoms with E-state index in [4.69, 9.17) is 15.0 Å². The van der Waals surface area contributed by atoms with Crippen molar-refractivity contribution in [1.82, 2.24) is 0 Å². The molecule has 0 saturated heterocycles. The second kappa shape index (κ2) is 15.9. The molecule has 0 aliphatic rings. The number of carbonyl (C=O) groups is 1. The molecule has 0 aromatic rings. The molecule has 0 aliphatic carbocycles. The van der Waals surface area contributed by atoms with Gasteiger partial charge in [0.1, 0.15) is 0 Å². The summed E-state index contributed by atoms with van der Waals surface area (Å²) >= 11 is 3.67. The molecule has 5 heteroatoms. The van der Waals surface area contributed by atoms with Crippen LogP contribution >= 0.6 is 12.6 Å². The van der Waals surface area contributed by atoms with E-state index in [-0.39, 0.29) is 36.2 Å². The number of carboxylic acids is 1. The minimum Gasteiger partial charge on any atom is -0.550 e. The number of aliphatic hydroxyl groups excluding tert-OH is 1. The number of rotatable bonds is 1. The van der Waals surface area contributed by atoms with Gasteiger partial charge in [0, 0.05) is 11.7 Å². The predicted octanol–water partition coefficient (Wildman–Crippen LogP) is -4.33. The first-order valence-electron chi connectivity index (χ1n) is 2.04. The van der Waals surface area contributed by atoms with E-state index in [1.54, 1.807) is 0 Å². The van der Waals surface area contributed by atoms with E-state index < -0.39 is 5.97 Å². The molecule has 50 valence electrons. The summed E-state index contributed by atoms with van der Waals surface area (Å²) in [6.07, 6.45) is 0. The van der Waals surface area contributed by atoms with Gasteiger partial charge in [0.25, 0.3) is 0 Å². The van der Waals surface area contributed by atoms with E-state index in [9.17, 15) is 0 Å². The van der Waals surface area contributed by atoms with Crippen LogP contribution in [0.15, 0.2) is 0 Å². The van der Waals surface area contributed by atoms with E-state index in [0.29, 0.717) is 5.75 Å². The van der Waals surface area contributed by atoms with Crippen molar-refractivity contribution >= 4 is 18.6 Å². The quantitative estimate of drug-likeness (QED) is 0.301. The van der Waals surface area contributed by atoms with Crippen LogP contribution in [0.4, 0.5) is 0 Å². The molecule has 0 unspecified atom stereocenters. The number of thiol groups is 1. The molecule has 3 nitrogen and oxygen atoms in total. The van der Waals surface area contributed by atoms with Crippen LogP contribution in [-0.4, -0.2) is 23.4 Å². The van der Waals surface area contributed by atoms with Crippen LogP contribution in [0.1, 0.15) is 6.92 Å². The second-order valence-corrected chi connectivity index (χ2v) is 1.39. The molecule has 0 aromatic heterocycles. The average molecular weight is 160 g/mol. The summed E-state index contributed by atoms with van der Waals surface area (Å²) in [7, 11) is 0. The molecule has 0 spiro atoms. The largest absolute Gasteiger partial charge is 1.00 e. The Labute approximate surface area is 82.2 Å². The van der Waals surface area contributed by atoms with E-state index in [1.807, 2.05) is 0 Å². The van der Waals surface area contributed by atoms with Crippen molar-refractivity contribution in [3.8, 4) is 0 Å². The van der Waals surface area contributed by atoms with E-state index in [2.05, 4.69) is 12.6 Å². The molecular formula is C4H9NaO3S. The van der Waals surface area contributed by atoms with Gasteiger partial charge in [0.15, 0.2) is 0 Å². The van der Waals surface area contributed by atoms with E-state index in [0.717, 1.165) is 6.92 Å². The molecule has 0 aliphatic heterocycles. The maximum Gasteiger partial charge on any atom is 1.00 e. The molecule has 0 bridgehead atoms. The van der Waals surface area contributed by atoms with Gasteiger partial charge in [0.2, 0.25) is 0 Å². The van der Waals surface area contributed by atoms with Gasteiger partial charge in [0.05, 0.1) is 6.61 Å². The van der Waals surface area contributed by atoms with Crippen molar-refractivity contribution in [2.75, 3.05) is 12.4 Å². The third-order valence-electron chi connectivity index (χ3n) is 0.1000. The van der Waals surface area contributed by atoms with Crippen molar-refractivity contribution in [2.45, 2.75) is 6.92 Å². The fourth-order valence-corrected chi connectivity index (χ4v) is 0. The summed E-state index contributed by atoms with van der Waals surface area (Å²) in [5.74, 6) is -0.514. The zero-order chi connectivity index (χ0) is 6.99. The number of aliphatic carboxylic acids is 1. The Morgan fingerprint density at radius 1 is 1.78 bits per heavy atom. The maximum absolute atomic E-state index is 8.89. The van der Waals surface area contributed by atoms with Gasteiger partial charge in [-0.1, -0.05) is 0 Å². The third-order valence-corrected chi connectivity index (χ3v) is 0.300. The summed E-state index contributed by atoms with van der Waals surface area (Å²) in [4.78, 5) is 8.89. The van der Waals surface area contributed by atoms with Gasteiger partial charge >= 0.3 is 29.6 Å². The Morgan fingerprint density at radius 2 is 1.89 bits per heavy atom. The zero-order valence-electron chi connectivity index (χ0n) is 5.63. The van der Waals surface area contributed by atoms with Crippen molar-refractivity contribution in [3.05, 3.63) is 0 Å². The summed E-state index contributed by atoms with van der Waals surface area (Å²) in [6.45, 7) is 1.16. The molecule has 0 saturated carbocycles. The molecule has 9 heavy (non-hydrogen) atoms. The zero-order valence-corrected chi connectivity index (χ0v) is 8.52. The number of hydrogen-bond acceptors (Lipinski definition) is 4. The SMILES string of the molecule is CC(=O)[O-].OCCS.[Na+]. The van der Waals surface area contributed by atoms with Crippen LogP contribution in [0.25, 0.3) is 0 Å². The van der Waals surface area contributed by atoms with Crippen molar-refractivity contribution < 1.29 is 44.6 Å². The predicted molar refractivity (Wildman–Crippen MR) is 31.6 cm³/mol. The Morgan fingerprint density at radius 3 is 1.89 bits per heavy atom. The topological polar surface area (TPSA) is 60.4 Å². The maximum atomic E-state index is 8.89. The van der Waals surface area contributed by atoms with Crippen LogP contribution in [0.3, 0.4) is 0 Å². The van der Waals surface area contributed by atoms with Gasteiger partial charge < -0.3 is 15.0 Å². The Kier molecular flexibility index (Phi) is 29.0. The first-order valence-corrected chi connectivity index (χ1v) is 2.67. The fraction of sp³-hybridized carbons (Fsp3) is 0.750. The minimum atomic E-state index is -1.08. The molecule has 0 aromatic carbocycles. The van der Waals surface area contributed by atoms with E-state index in [1.165, 1.54) is 0 Å². The summed E-state index contributed by atoms with van der Waals surface area (Å²) < 4.78 is 0. The summed E-state index contributed by atoms with van der Waals surface area (Å²) in [6, 6.07) is 0. The number of aliphatic hydroxyl groups is 1. The smallest absolute Gasteiger partial charge is 0.550 e. The second-order valence-electron chi connectivity index (χ2n) is 0.939. The first-order chi connectivity index (χ1) is 3.65. The number of carbonyl (C=O) groups excluding carboxylic acids is 1. The van der Waals surface area contributed by atoms with Crippen LogP contribution in [-0.2, 0) is 4.79 Å². The molecular weight excluding hydrogens is 151 g/mol. The first kappa shape index (κ1) is 16.4. The average Bonchev–Trinajstić information content (AvgIpc) is 1.65. The number of carboxylic acid groups (broad SMARTS) is 1. The fourth-order valence-electron chi connectivity index (χ4n) is 0. The third kappa shape index (κ3) is 127. The van der Waals surface area contributed by atoms with E-state index >= 15 is 0 Å². The molecule has 0 heterocycles. The van der Waals surface area contributed by atoms with Gasteiger partial charge in [-0.25, -0.2) is 0 Å². The van der Waals surface area contributed by atoms with Crippen molar-refractivity contribution in [1.29, 1.82) is 0 Å². The molecule has 0 amide bonds. The summed E-state index contributed by atoms with van der Waals surface area (Å²) in [5, 5.41) is 16.7. The Bertz CT molecular complexity index is 53.8. The van der Waals surface area contributed by atoms with Gasteiger partial charge in [-0.3, -0.25) is 0 Å². The van der Waals surface area contributed by atoms with Crippen molar-refractivity contribution in [2.24, 2.45) is 0 Å². The number of hydrogen-bond donors (Lipinski definition) is 2. The molecule has 0 radical (unpaired) electrons. The monoisotopic (exact) mass is 160 g/mol. The van der Waals surface area contributed by atoms with Crippen LogP contribution in [0.2, 0.25) is 0 Å². The molecule has 1 N–H and O–H groups in total. The van der Waals surface area contributed by atoms with Crippen LogP contribution < -0.4 is 34.7 Å². The van der Waals surface area contributed by atoms with Crippen LogP contribution in [0, 0.1) is 0 Å². The van der Waals surface area contributed by atoms with Crippen molar-refractivity contribution in [3.63, 3.8) is 0 Å². The normalized spacial score (nSPS) is 6.11. The Hall–Kier alpha value is 0.780.